The van der Waals surface area contributed by atoms with Gasteiger partial charge in [0.1, 0.15) is 5.82 Å². The van der Waals surface area contributed by atoms with Crippen LogP contribution in [0.4, 0.5) is 10.3 Å². The smallest absolute Gasteiger partial charge is 0.338 e. The molecule has 0 amide bonds. The van der Waals surface area contributed by atoms with Crippen molar-refractivity contribution >= 4 is 23.0 Å². The summed E-state index contributed by atoms with van der Waals surface area (Å²) in [5.41, 5.74) is 3.06. The third-order valence-electron chi connectivity index (χ3n) is 4.31. The third-order valence-corrected chi connectivity index (χ3v) is 4.31. The van der Waals surface area contributed by atoms with E-state index in [1.54, 1.807) is 43.7 Å². The van der Waals surface area contributed by atoms with Gasteiger partial charge in [-0.3, -0.25) is 4.57 Å². The van der Waals surface area contributed by atoms with Gasteiger partial charge in [0.25, 0.3) is 0 Å². The van der Waals surface area contributed by atoms with E-state index in [4.69, 9.17) is 9.15 Å². The Kier molecular flexibility index (Phi) is 3.79. The lowest BCUT2D eigenvalue weighted by Gasteiger charge is -2.29. The van der Waals surface area contributed by atoms with Crippen molar-refractivity contribution in [2.75, 3.05) is 5.32 Å². The van der Waals surface area contributed by atoms with Gasteiger partial charge >= 0.3 is 5.97 Å². The number of hydrogen-bond acceptors (Lipinski definition) is 5. The summed E-state index contributed by atoms with van der Waals surface area (Å²) in [5.74, 6) is -0.265. The number of halogens is 1. The summed E-state index contributed by atoms with van der Waals surface area (Å²) in [4.78, 5) is 17.3. The first-order chi connectivity index (χ1) is 12.5. The molecule has 0 bridgehead atoms. The molecule has 134 valence electrons. The van der Waals surface area contributed by atoms with E-state index in [0.29, 0.717) is 28.3 Å². The van der Waals surface area contributed by atoms with E-state index in [-0.39, 0.29) is 11.9 Å². The monoisotopic (exact) mass is 355 g/mol. The lowest BCUT2D eigenvalue weighted by molar-refractivity contribution is -0.143. The first-order valence-corrected chi connectivity index (χ1v) is 8.34. The molecular formula is C19H18FN3O3. The number of allylic oxidation sites excluding steroid dienone is 1. The van der Waals surface area contributed by atoms with Gasteiger partial charge in [-0.2, -0.15) is 0 Å². The molecule has 1 unspecified atom stereocenters. The Morgan fingerprint density at radius 1 is 1.38 bits per heavy atom. The van der Waals surface area contributed by atoms with E-state index in [2.05, 4.69) is 10.3 Å². The highest BCUT2D eigenvalue weighted by Gasteiger charge is 2.35. The maximum absolute atomic E-state index is 13.9. The fourth-order valence-electron chi connectivity index (χ4n) is 3.27. The first-order valence-electron chi connectivity index (χ1n) is 8.34. The summed E-state index contributed by atoms with van der Waals surface area (Å²) in [6.07, 6.45) is 2.85. The second kappa shape index (κ2) is 6.01. The Balaban J connectivity index is 1.95. The van der Waals surface area contributed by atoms with Gasteiger partial charge in [0.05, 0.1) is 41.3 Å². The summed E-state index contributed by atoms with van der Waals surface area (Å²) in [6.45, 7) is 5.39. The van der Waals surface area contributed by atoms with Crippen LogP contribution in [0.2, 0.25) is 0 Å². The highest BCUT2D eigenvalue weighted by atomic mass is 19.1. The number of carbonyl (C=O) groups is 1. The van der Waals surface area contributed by atoms with Crippen LogP contribution in [0, 0.1) is 5.82 Å². The zero-order valence-corrected chi connectivity index (χ0v) is 14.6. The number of benzene rings is 1. The minimum atomic E-state index is -0.525. The summed E-state index contributed by atoms with van der Waals surface area (Å²) in [5, 5.41) is 3.14. The van der Waals surface area contributed by atoms with Crippen LogP contribution >= 0.6 is 0 Å². The van der Waals surface area contributed by atoms with Gasteiger partial charge in [-0.1, -0.05) is 0 Å². The Morgan fingerprint density at radius 2 is 2.19 bits per heavy atom. The van der Waals surface area contributed by atoms with Crippen LogP contribution in [0.25, 0.3) is 11.0 Å². The number of fused-ring (bicyclic) bond motifs is 3. The van der Waals surface area contributed by atoms with Crippen LogP contribution < -0.4 is 5.32 Å². The zero-order chi connectivity index (χ0) is 18.4. The standard InChI is InChI=1S/C19H18FN3O3/c1-10(2)26-18(24)16-11(3)21-19-22-14-5-4-13(20)8-15(14)23(19)17(16)12-6-7-25-9-12/h4-10,17H,1-3H3,(H,21,22). The number of aromatic nitrogens is 2. The topological polar surface area (TPSA) is 69.3 Å². The molecule has 1 aromatic carbocycles. The summed E-state index contributed by atoms with van der Waals surface area (Å²) in [6, 6.07) is 5.64. The molecule has 0 fully saturated rings. The normalized spacial score (nSPS) is 16.7. The van der Waals surface area contributed by atoms with Crippen molar-refractivity contribution in [1.82, 2.24) is 9.55 Å². The lowest BCUT2D eigenvalue weighted by Crippen LogP contribution is -2.29. The molecule has 7 heteroatoms. The molecule has 0 saturated heterocycles. The van der Waals surface area contributed by atoms with Crippen molar-refractivity contribution in [1.29, 1.82) is 0 Å². The van der Waals surface area contributed by atoms with Gasteiger partial charge in [-0.05, 0) is 45.0 Å². The molecule has 0 spiro atoms. The predicted octanol–water partition coefficient (Wildman–Crippen LogP) is 4.01. The maximum Gasteiger partial charge on any atom is 0.338 e. The van der Waals surface area contributed by atoms with Gasteiger partial charge in [0.2, 0.25) is 5.95 Å². The van der Waals surface area contributed by atoms with Crippen molar-refractivity contribution < 1.29 is 18.3 Å². The molecule has 1 aliphatic heterocycles. The molecule has 1 aliphatic rings. The van der Waals surface area contributed by atoms with Gasteiger partial charge in [-0.25, -0.2) is 14.2 Å². The van der Waals surface area contributed by atoms with Crippen molar-refractivity contribution in [3.8, 4) is 0 Å². The van der Waals surface area contributed by atoms with Gasteiger partial charge in [0.15, 0.2) is 0 Å². The molecule has 0 saturated carbocycles. The second-order valence-electron chi connectivity index (χ2n) is 6.52. The number of rotatable bonds is 3. The minimum absolute atomic E-state index is 0.258. The zero-order valence-electron chi connectivity index (χ0n) is 14.6. The van der Waals surface area contributed by atoms with E-state index >= 15 is 0 Å². The number of hydrogen-bond donors (Lipinski definition) is 1. The highest BCUT2D eigenvalue weighted by molar-refractivity contribution is 5.94. The van der Waals surface area contributed by atoms with Crippen LogP contribution in [0.1, 0.15) is 32.4 Å². The molecule has 0 radical (unpaired) electrons. The maximum atomic E-state index is 13.9. The minimum Gasteiger partial charge on any atom is -0.472 e. The number of nitrogens with zero attached hydrogens (tertiary/aromatic N) is 2. The van der Waals surface area contributed by atoms with Gasteiger partial charge < -0.3 is 14.5 Å². The number of anilines is 1. The van der Waals surface area contributed by atoms with E-state index in [9.17, 15) is 9.18 Å². The quantitative estimate of drug-likeness (QED) is 0.719. The van der Waals surface area contributed by atoms with Crippen LogP contribution in [0.3, 0.4) is 0 Å². The lowest BCUT2D eigenvalue weighted by atomic mass is 9.97. The number of ether oxygens (including phenoxy) is 1. The largest absolute Gasteiger partial charge is 0.472 e. The van der Waals surface area contributed by atoms with E-state index in [1.807, 2.05) is 0 Å². The van der Waals surface area contributed by atoms with Gasteiger partial charge in [-0.15, -0.1) is 0 Å². The molecule has 0 aliphatic carbocycles. The Morgan fingerprint density at radius 3 is 2.88 bits per heavy atom. The average molecular weight is 355 g/mol. The molecular weight excluding hydrogens is 337 g/mol. The van der Waals surface area contributed by atoms with Gasteiger partial charge in [0, 0.05) is 11.3 Å². The Bertz CT molecular complexity index is 1020. The number of nitrogens with one attached hydrogen (secondary N) is 1. The number of imidazole rings is 1. The second-order valence-corrected chi connectivity index (χ2v) is 6.52. The van der Waals surface area contributed by atoms with Crippen molar-refractivity contribution in [2.24, 2.45) is 0 Å². The molecule has 1 N–H and O–H groups in total. The number of esters is 1. The van der Waals surface area contributed by atoms with Crippen LogP contribution in [-0.4, -0.2) is 21.6 Å². The van der Waals surface area contributed by atoms with E-state index in [1.165, 1.54) is 18.4 Å². The summed E-state index contributed by atoms with van der Waals surface area (Å²) in [7, 11) is 0. The molecule has 3 heterocycles. The fourth-order valence-corrected chi connectivity index (χ4v) is 3.27. The molecule has 1 atom stereocenters. The third kappa shape index (κ3) is 2.56. The predicted molar refractivity (Wildman–Crippen MR) is 94.1 cm³/mol. The summed E-state index contributed by atoms with van der Waals surface area (Å²) < 4.78 is 26.4. The number of furan rings is 1. The highest BCUT2D eigenvalue weighted by Crippen LogP contribution is 2.39. The van der Waals surface area contributed by atoms with Crippen molar-refractivity contribution in [2.45, 2.75) is 32.9 Å². The molecule has 6 nitrogen and oxygen atoms in total. The van der Waals surface area contributed by atoms with Crippen LogP contribution in [0.15, 0.2) is 52.5 Å². The molecule has 26 heavy (non-hydrogen) atoms. The molecule has 2 aromatic heterocycles. The van der Waals surface area contributed by atoms with E-state index < -0.39 is 12.0 Å². The van der Waals surface area contributed by atoms with Crippen LogP contribution in [-0.2, 0) is 9.53 Å². The fraction of sp³-hybridized carbons (Fsp3) is 0.263. The first kappa shape index (κ1) is 16.4. The Hall–Kier alpha value is -3.09. The SMILES string of the molecule is CC1=C(C(=O)OC(C)C)C(c2ccoc2)n2c(nc3ccc(F)cc32)N1. The van der Waals surface area contributed by atoms with Crippen LogP contribution in [0.5, 0.6) is 0 Å². The Labute approximate surface area is 149 Å². The van der Waals surface area contributed by atoms with Crippen molar-refractivity contribution in [3.63, 3.8) is 0 Å². The molecule has 3 aromatic rings. The van der Waals surface area contributed by atoms with E-state index in [0.717, 1.165) is 5.56 Å². The van der Waals surface area contributed by atoms with Crippen molar-refractivity contribution in [3.05, 3.63) is 59.4 Å². The number of carbonyl (C=O) groups excluding carboxylic acids is 1. The summed E-state index contributed by atoms with van der Waals surface area (Å²) >= 11 is 0. The molecule has 4 rings (SSSR count). The average Bonchev–Trinajstić information content (AvgIpc) is 3.20.